The van der Waals surface area contributed by atoms with Crippen LogP contribution in [0, 0.1) is 0 Å². The Balaban J connectivity index is 4.16. The van der Waals surface area contributed by atoms with E-state index in [9.17, 15) is 4.79 Å². The standard InChI is InChI=1S/C12H24O3Si/c1-5-7-8-11(3)12(13)15-16(9-6-2)10-14-4/h8,16H,5-7,9-10H2,1-4H3. The molecule has 0 aliphatic heterocycles. The minimum atomic E-state index is -1.49. The first-order valence-electron chi connectivity index (χ1n) is 6.02. The van der Waals surface area contributed by atoms with Crippen molar-refractivity contribution in [3.8, 4) is 0 Å². The Labute approximate surface area is 101 Å². The number of allylic oxidation sites excluding steroid dienone is 1. The Hall–Kier alpha value is -0.613. The lowest BCUT2D eigenvalue weighted by Crippen LogP contribution is -2.28. The molecule has 0 rings (SSSR count). The second-order valence-corrected chi connectivity index (χ2v) is 6.34. The fourth-order valence-electron chi connectivity index (χ4n) is 1.37. The zero-order chi connectivity index (χ0) is 12.4. The molecule has 1 unspecified atom stereocenters. The monoisotopic (exact) mass is 244 g/mol. The number of carbonyl (C=O) groups is 1. The van der Waals surface area contributed by atoms with Gasteiger partial charge in [-0.25, -0.2) is 4.79 Å². The molecular weight excluding hydrogens is 220 g/mol. The smallest absolute Gasteiger partial charge is 0.319 e. The summed E-state index contributed by atoms with van der Waals surface area (Å²) in [6.45, 7) is 6.01. The first-order valence-corrected chi connectivity index (χ1v) is 8.12. The Kier molecular flexibility index (Phi) is 9.23. The molecule has 0 spiro atoms. The average Bonchev–Trinajstić information content (AvgIpc) is 2.26. The molecule has 0 fully saturated rings. The third kappa shape index (κ3) is 6.79. The van der Waals surface area contributed by atoms with Gasteiger partial charge in [0.15, 0.2) is 0 Å². The highest BCUT2D eigenvalue weighted by Gasteiger charge is 2.16. The van der Waals surface area contributed by atoms with Crippen molar-refractivity contribution in [2.45, 2.75) is 46.1 Å². The highest BCUT2D eigenvalue weighted by Crippen LogP contribution is 2.06. The van der Waals surface area contributed by atoms with Gasteiger partial charge in [-0.2, -0.15) is 0 Å². The fourth-order valence-corrected chi connectivity index (χ4v) is 3.23. The molecule has 0 aliphatic carbocycles. The summed E-state index contributed by atoms with van der Waals surface area (Å²) in [5, 5.41) is 0. The van der Waals surface area contributed by atoms with E-state index in [-0.39, 0.29) is 5.97 Å². The van der Waals surface area contributed by atoms with E-state index in [1.165, 1.54) is 0 Å². The van der Waals surface area contributed by atoms with E-state index in [2.05, 4.69) is 13.8 Å². The number of rotatable bonds is 8. The van der Waals surface area contributed by atoms with Crippen LogP contribution in [0.15, 0.2) is 11.6 Å². The minimum Gasteiger partial charge on any atom is -0.516 e. The summed E-state index contributed by atoms with van der Waals surface area (Å²) >= 11 is 0. The lowest BCUT2D eigenvalue weighted by Gasteiger charge is -2.15. The summed E-state index contributed by atoms with van der Waals surface area (Å²) in [5.41, 5.74) is 0.728. The van der Waals surface area contributed by atoms with E-state index >= 15 is 0 Å². The molecule has 0 saturated heterocycles. The Morgan fingerprint density at radius 1 is 1.31 bits per heavy atom. The SMILES string of the molecule is CCCC=C(C)C(=O)O[SiH](CCC)COC. The molecule has 0 aromatic heterocycles. The predicted molar refractivity (Wildman–Crippen MR) is 68.9 cm³/mol. The quantitative estimate of drug-likeness (QED) is 0.486. The molecule has 4 heteroatoms. The largest absolute Gasteiger partial charge is 0.516 e. The van der Waals surface area contributed by atoms with Crippen molar-refractivity contribution in [2.75, 3.05) is 13.3 Å². The summed E-state index contributed by atoms with van der Waals surface area (Å²) in [6, 6.07) is 0.987. The molecule has 0 aromatic carbocycles. The highest BCUT2D eigenvalue weighted by molar-refractivity contribution is 6.54. The third-order valence-corrected chi connectivity index (χ3v) is 4.77. The molecule has 0 heterocycles. The van der Waals surface area contributed by atoms with E-state index < -0.39 is 9.04 Å². The van der Waals surface area contributed by atoms with E-state index in [0.29, 0.717) is 6.23 Å². The molecule has 0 aromatic rings. The van der Waals surface area contributed by atoms with Gasteiger partial charge in [0.1, 0.15) is 0 Å². The third-order valence-electron chi connectivity index (χ3n) is 2.30. The molecule has 0 bridgehead atoms. The van der Waals surface area contributed by atoms with Crippen LogP contribution >= 0.6 is 0 Å². The number of carbonyl (C=O) groups excluding carboxylic acids is 1. The predicted octanol–water partition coefficient (Wildman–Crippen LogP) is 2.60. The van der Waals surface area contributed by atoms with Crippen LogP contribution in [0.4, 0.5) is 0 Å². The summed E-state index contributed by atoms with van der Waals surface area (Å²) in [5.74, 6) is -0.157. The second kappa shape index (κ2) is 9.60. The normalized spacial score (nSPS) is 13.6. The summed E-state index contributed by atoms with van der Waals surface area (Å²) in [6.07, 6.45) is 5.60. The number of ether oxygens (including phenoxy) is 1. The Bertz CT molecular complexity index is 220. The zero-order valence-corrected chi connectivity index (χ0v) is 12.1. The average molecular weight is 244 g/mol. The topological polar surface area (TPSA) is 35.5 Å². The van der Waals surface area contributed by atoms with Crippen molar-refractivity contribution in [1.82, 2.24) is 0 Å². The summed E-state index contributed by atoms with van der Waals surface area (Å²) in [4.78, 5) is 11.7. The summed E-state index contributed by atoms with van der Waals surface area (Å²) in [7, 11) is 0.162. The van der Waals surface area contributed by atoms with Gasteiger partial charge in [0.2, 0.25) is 0 Å². The van der Waals surface area contributed by atoms with Crippen LogP contribution in [0.5, 0.6) is 0 Å². The second-order valence-electron chi connectivity index (χ2n) is 3.95. The number of hydrogen-bond donors (Lipinski definition) is 0. The maximum Gasteiger partial charge on any atom is 0.319 e. The molecule has 0 aliphatic rings. The number of methoxy groups -OCH3 is 1. The van der Waals surface area contributed by atoms with Crippen molar-refractivity contribution < 1.29 is 14.0 Å². The van der Waals surface area contributed by atoms with Crippen LogP contribution < -0.4 is 0 Å². The molecular formula is C12H24O3Si. The number of hydrogen-bond acceptors (Lipinski definition) is 3. The molecule has 94 valence electrons. The minimum absolute atomic E-state index is 0.157. The first-order chi connectivity index (χ1) is 7.65. The molecule has 1 atom stereocenters. The van der Waals surface area contributed by atoms with Crippen LogP contribution in [0.1, 0.15) is 40.0 Å². The van der Waals surface area contributed by atoms with Gasteiger partial charge < -0.3 is 9.16 Å². The van der Waals surface area contributed by atoms with Crippen LogP contribution in [0.3, 0.4) is 0 Å². The van der Waals surface area contributed by atoms with E-state index in [4.69, 9.17) is 9.16 Å². The maximum atomic E-state index is 11.7. The van der Waals surface area contributed by atoms with Gasteiger partial charge in [-0.3, -0.25) is 0 Å². The van der Waals surface area contributed by atoms with Crippen LogP contribution in [-0.4, -0.2) is 28.3 Å². The van der Waals surface area contributed by atoms with Gasteiger partial charge in [0, 0.05) is 12.7 Å². The van der Waals surface area contributed by atoms with Crippen LogP contribution in [0.25, 0.3) is 0 Å². The molecule has 0 amide bonds. The van der Waals surface area contributed by atoms with Crippen molar-refractivity contribution in [3.05, 3.63) is 11.6 Å². The van der Waals surface area contributed by atoms with E-state index in [0.717, 1.165) is 30.9 Å². The molecule has 0 N–H and O–H groups in total. The zero-order valence-electron chi connectivity index (χ0n) is 10.9. The molecule has 16 heavy (non-hydrogen) atoms. The van der Waals surface area contributed by atoms with Gasteiger partial charge in [0.25, 0.3) is 9.04 Å². The van der Waals surface area contributed by atoms with Crippen molar-refractivity contribution in [1.29, 1.82) is 0 Å². The highest BCUT2D eigenvalue weighted by atomic mass is 28.3. The Morgan fingerprint density at radius 3 is 2.50 bits per heavy atom. The molecule has 0 radical (unpaired) electrons. The van der Waals surface area contributed by atoms with Crippen LogP contribution in [-0.2, 0) is 14.0 Å². The first kappa shape index (κ1) is 15.4. The summed E-state index contributed by atoms with van der Waals surface area (Å²) < 4.78 is 10.6. The maximum absolute atomic E-state index is 11.7. The van der Waals surface area contributed by atoms with Gasteiger partial charge >= 0.3 is 5.97 Å². The fraction of sp³-hybridized carbons (Fsp3) is 0.750. The lowest BCUT2D eigenvalue weighted by molar-refractivity contribution is -0.130. The molecule has 0 saturated carbocycles. The van der Waals surface area contributed by atoms with Gasteiger partial charge in [-0.15, -0.1) is 0 Å². The number of unbranched alkanes of at least 4 members (excludes halogenated alkanes) is 1. The Morgan fingerprint density at radius 2 is 2.00 bits per heavy atom. The van der Waals surface area contributed by atoms with Crippen molar-refractivity contribution in [3.63, 3.8) is 0 Å². The van der Waals surface area contributed by atoms with Crippen molar-refractivity contribution >= 4 is 15.0 Å². The van der Waals surface area contributed by atoms with Crippen molar-refractivity contribution in [2.24, 2.45) is 0 Å². The van der Waals surface area contributed by atoms with E-state index in [1.807, 2.05) is 13.0 Å². The van der Waals surface area contributed by atoms with Gasteiger partial charge in [-0.1, -0.05) is 32.8 Å². The van der Waals surface area contributed by atoms with E-state index in [1.54, 1.807) is 7.11 Å². The van der Waals surface area contributed by atoms with Gasteiger partial charge in [0.05, 0.1) is 6.23 Å². The van der Waals surface area contributed by atoms with Crippen LogP contribution in [0.2, 0.25) is 6.04 Å². The lowest BCUT2D eigenvalue weighted by atomic mass is 10.2. The molecule has 3 nitrogen and oxygen atoms in total. The van der Waals surface area contributed by atoms with Gasteiger partial charge in [-0.05, 0) is 19.4 Å².